The lowest BCUT2D eigenvalue weighted by Gasteiger charge is -2.33. The number of hydrogen-bond donors (Lipinski definition) is 0. The summed E-state index contributed by atoms with van der Waals surface area (Å²) in [4.78, 5) is 0. The van der Waals surface area contributed by atoms with Crippen molar-refractivity contribution in [2.24, 2.45) is 0 Å². The maximum atomic E-state index is 11.5. The van der Waals surface area contributed by atoms with Crippen molar-refractivity contribution < 1.29 is 35.7 Å². The quantitative estimate of drug-likeness (QED) is 0.774. The molecule has 3 aliphatic heterocycles. The predicted molar refractivity (Wildman–Crippen MR) is 74.8 cm³/mol. The fraction of sp³-hybridized carbons (Fsp3) is 0.571. The van der Waals surface area contributed by atoms with Crippen LogP contribution in [0.5, 0.6) is 5.75 Å². The van der Waals surface area contributed by atoms with Crippen molar-refractivity contribution in [3.63, 3.8) is 0 Å². The fourth-order valence-corrected chi connectivity index (χ4v) is 3.97. The van der Waals surface area contributed by atoms with Gasteiger partial charge in [0.2, 0.25) is 0 Å². The molecule has 126 valence electrons. The first kappa shape index (κ1) is 15.3. The molecular formula is C14H16O8S. The van der Waals surface area contributed by atoms with E-state index in [1.165, 1.54) is 0 Å². The molecule has 1 aromatic carbocycles. The summed E-state index contributed by atoms with van der Waals surface area (Å²) < 4.78 is 55.0. The van der Waals surface area contributed by atoms with Crippen LogP contribution in [0.15, 0.2) is 24.3 Å². The topological polar surface area (TPSA) is 89.5 Å². The van der Waals surface area contributed by atoms with Gasteiger partial charge in [-0.25, -0.2) is 8.37 Å². The number of methoxy groups -OCH3 is 1. The second-order valence-electron chi connectivity index (χ2n) is 5.53. The zero-order valence-electron chi connectivity index (χ0n) is 12.3. The van der Waals surface area contributed by atoms with Crippen LogP contribution in [-0.4, -0.2) is 52.8 Å². The van der Waals surface area contributed by atoms with E-state index >= 15 is 0 Å². The van der Waals surface area contributed by atoms with Crippen molar-refractivity contribution >= 4 is 10.4 Å². The summed E-state index contributed by atoms with van der Waals surface area (Å²) in [6.45, 7) is 0.601. The first-order valence-corrected chi connectivity index (χ1v) is 8.52. The molecule has 2 bridgehead atoms. The predicted octanol–water partition coefficient (Wildman–Crippen LogP) is 0.364. The van der Waals surface area contributed by atoms with Gasteiger partial charge in [-0.05, 0) is 17.7 Å². The zero-order valence-corrected chi connectivity index (χ0v) is 13.1. The molecule has 0 spiro atoms. The van der Waals surface area contributed by atoms with Crippen LogP contribution in [-0.2, 0) is 39.6 Å². The molecule has 0 saturated carbocycles. The molecular weight excluding hydrogens is 328 g/mol. The summed E-state index contributed by atoms with van der Waals surface area (Å²) in [5.41, 5.74) is 0.921. The minimum Gasteiger partial charge on any atom is -0.497 e. The van der Waals surface area contributed by atoms with E-state index in [4.69, 9.17) is 27.3 Å². The van der Waals surface area contributed by atoms with E-state index in [2.05, 4.69) is 0 Å². The summed E-state index contributed by atoms with van der Waals surface area (Å²) in [5.74, 6) is 0.750. The van der Waals surface area contributed by atoms with Gasteiger partial charge in [-0.15, -0.1) is 0 Å². The Bertz CT molecular complexity index is 673. The Morgan fingerprint density at radius 1 is 1.17 bits per heavy atom. The van der Waals surface area contributed by atoms with Crippen molar-refractivity contribution in [2.45, 2.75) is 37.3 Å². The lowest BCUT2D eigenvalue weighted by molar-refractivity contribution is -0.207. The van der Waals surface area contributed by atoms with E-state index in [1.807, 2.05) is 24.3 Å². The van der Waals surface area contributed by atoms with Crippen molar-refractivity contribution in [2.75, 3.05) is 13.7 Å². The molecule has 0 aromatic heterocycles. The van der Waals surface area contributed by atoms with Crippen LogP contribution >= 0.6 is 0 Å². The molecule has 4 rings (SSSR count). The second kappa shape index (κ2) is 5.69. The van der Waals surface area contributed by atoms with E-state index in [-0.39, 0.29) is 12.7 Å². The average molecular weight is 344 g/mol. The van der Waals surface area contributed by atoms with Gasteiger partial charge < -0.3 is 18.9 Å². The van der Waals surface area contributed by atoms with Gasteiger partial charge in [-0.3, -0.25) is 0 Å². The van der Waals surface area contributed by atoms with Gasteiger partial charge in [0.15, 0.2) is 12.4 Å². The van der Waals surface area contributed by atoms with Gasteiger partial charge >= 0.3 is 10.4 Å². The van der Waals surface area contributed by atoms with Crippen LogP contribution in [0.3, 0.4) is 0 Å². The Morgan fingerprint density at radius 3 is 2.65 bits per heavy atom. The molecule has 5 atom stereocenters. The van der Waals surface area contributed by atoms with Crippen molar-refractivity contribution in [1.29, 1.82) is 0 Å². The number of benzene rings is 1. The van der Waals surface area contributed by atoms with Crippen molar-refractivity contribution in [3.05, 3.63) is 29.8 Å². The molecule has 9 heteroatoms. The number of ether oxygens (including phenoxy) is 4. The van der Waals surface area contributed by atoms with Crippen LogP contribution in [0.4, 0.5) is 0 Å². The SMILES string of the molecule is COc1ccc(CO[C@@H]2[C@H]3OS(=O)(=O)O[C@H]3[C@H]3OC[C@H]2O3)cc1. The lowest BCUT2D eigenvalue weighted by Crippen LogP contribution is -2.53. The minimum atomic E-state index is -4.03. The highest BCUT2D eigenvalue weighted by Crippen LogP contribution is 2.39. The smallest absolute Gasteiger partial charge is 0.400 e. The average Bonchev–Trinajstić information content (AvgIpc) is 3.10. The van der Waals surface area contributed by atoms with Gasteiger partial charge in [0.25, 0.3) is 0 Å². The Hall–Kier alpha value is -1.23. The van der Waals surface area contributed by atoms with Crippen LogP contribution in [0.1, 0.15) is 5.56 Å². The summed E-state index contributed by atoms with van der Waals surface area (Å²) in [6.07, 6.45) is -3.29. The molecule has 0 aliphatic carbocycles. The van der Waals surface area contributed by atoms with Crippen LogP contribution in [0.2, 0.25) is 0 Å². The number of fused-ring (bicyclic) bond motifs is 4. The highest BCUT2D eigenvalue weighted by molar-refractivity contribution is 7.82. The normalized spacial score (nSPS) is 37.5. The van der Waals surface area contributed by atoms with Crippen LogP contribution in [0, 0.1) is 0 Å². The summed E-state index contributed by atoms with van der Waals surface area (Å²) in [7, 11) is -2.44. The maximum Gasteiger partial charge on any atom is 0.400 e. The third-order valence-corrected chi connectivity index (χ3v) is 4.99. The summed E-state index contributed by atoms with van der Waals surface area (Å²) in [6, 6.07) is 7.40. The Labute approximate surface area is 133 Å². The third-order valence-electron chi connectivity index (χ3n) is 4.08. The first-order valence-electron chi connectivity index (χ1n) is 7.19. The maximum absolute atomic E-state index is 11.5. The molecule has 0 N–H and O–H groups in total. The van der Waals surface area contributed by atoms with Gasteiger partial charge in [0, 0.05) is 0 Å². The molecule has 1 aromatic rings. The summed E-state index contributed by atoms with van der Waals surface area (Å²) >= 11 is 0. The van der Waals surface area contributed by atoms with Gasteiger partial charge in [-0.2, -0.15) is 8.42 Å². The second-order valence-corrected chi connectivity index (χ2v) is 6.73. The summed E-state index contributed by atoms with van der Waals surface area (Å²) in [5, 5.41) is 0. The van der Waals surface area contributed by atoms with Crippen molar-refractivity contribution in [3.8, 4) is 5.75 Å². The monoisotopic (exact) mass is 344 g/mol. The molecule has 23 heavy (non-hydrogen) atoms. The fourth-order valence-electron chi connectivity index (χ4n) is 2.96. The Morgan fingerprint density at radius 2 is 1.91 bits per heavy atom. The molecule has 3 saturated heterocycles. The van der Waals surface area contributed by atoms with E-state index < -0.39 is 35.0 Å². The van der Waals surface area contributed by atoms with E-state index in [1.54, 1.807) is 7.11 Å². The lowest BCUT2D eigenvalue weighted by atomic mass is 10.0. The van der Waals surface area contributed by atoms with Crippen LogP contribution in [0.25, 0.3) is 0 Å². The number of rotatable bonds is 4. The number of hydrogen-bond acceptors (Lipinski definition) is 8. The largest absolute Gasteiger partial charge is 0.497 e. The van der Waals surface area contributed by atoms with Gasteiger partial charge in [-0.1, -0.05) is 12.1 Å². The Kier molecular flexibility index (Phi) is 3.79. The highest BCUT2D eigenvalue weighted by Gasteiger charge is 2.59. The van der Waals surface area contributed by atoms with Crippen LogP contribution < -0.4 is 4.74 Å². The van der Waals surface area contributed by atoms with Gasteiger partial charge in [0.05, 0.1) is 20.3 Å². The standard InChI is InChI=1S/C14H16O8S/c1-17-9-4-2-8(3-5-9)6-18-11-10-7-19-14(20-10)13-12(11)21-23(15,16)22-13/h2-5,10-14H,6-7H2,1H3/t10-,11+,12-,13-,14+/m1/s1. The third kappa shape index (κ3) is 2.84. The molecule has 0 radical (unpaired) electrons. The zero-order chi connectivity index (χ0) is 16.0. The molecule has 8 nitrogen and oxygen atoms in total. The van der Waals surface area contributed by atoms with E-state index in [0.29, 0.717) is 6.61 Å². The van der Waals surface area contributed by atoms with Gasteiger partial charge in [0.1, 0.15) is 24.1 Å². The molecule has 3 aliphatic rings. The minimum absolute atomic E-state index is 0.284. The highest BCUT2D eigenvalue weighted by atomic mass is 32.3. The van der Waals surface area contributed by atoms with Crippen molar-refractivity contribution in [1.82, 2.24) is 0 Å². The molecule has 0 unspecified atom stereocenters. The Balaban J connectivity index is 1.48. The molecule has 3 fully saturated rings. The molecule has 0 amide bonds. The van der Waals surface area contributed by atoms with E-state index in [0.717, 1.165) is 11.3 Å². The van der Waals surface area contributed by atoms with E-state index in [9.17, 15) is 8.42 Å². The molecule has 3 heterocycles. The first-order chi connectivity index (χ1) is 11.1.